The molecule has 1 amide bonds. The summed E-state index contributed by atoms with van der Waals surface area (Å²) < 4.78 is 29.7. The van der Waals surface area contributed by atoms with E-state index in [0.717, 1.165) is 31.3 Å². The van der Waals surface area contributed by atoms with Gasteiger partial charge in [-0.2, -0.15) is 0 Å². The summed E-state index contributed by atoms with van der Waals surface area (Å²) >= 11 is 0. The molecule has 65 heavy (non-hydrogen) atoms. The predicted octanol–water partition coefficient (Wildman–Crippen LogP) is 7.47. The third-order valence-corrected chi connectivity index (χ3v) is 14.5. The Morgan fingerprint density at radius 3 is 2.29 bits per heavy atom. The van der Waals surface area contributed by atoms with E-state index in [4.69, 9.17) is 23.7 Å². The molecule has 1 saturated carbocycles. The largest absolute Gasteiger partial charge is 0.460 e. The number of piperidine rings is 1. The number of hydrogen-bond acceptors (Lipinski definition) is 13. The number of carbonyl (C=O) groups is 4. The number of carbonyl (C=O) groups excluding carboxylic acids is 4. The summed E-state index contributed by atoms with van der Waals surface area (Å²) in [5.41, 5.74) is 1.63. The fourth-order valence-electron chi connectivity index (χ4n) is 10.3. The van der Waals surface area contributed by atoms with Gasteiger partial charge in [0.05, 0.1) is 24.0 Å². The highest BCUT2D eigenvalue weighted by molar-refractivity contribution is 6.39. The second-order valence-corrected chi connectivity index (χ2v) is 19.6. The zero-order valence-electron chi connectivity index (χ0n) is 40.8. The molecule has 2 saturated heterocycles. The maximum Gasteiger partial charge on any atom is 0.329 e. The summed E-state index contributed by atoms with van der Waals surface area (Å²) in [5.74, 6) is -6.98. The van der Waals surface area contributed by atoms with Crippen LogP contribution < -0.4 is 0 Å². The minimum atomic E-state index is -2.41. The van der Waals surface area contributed by atoms with Crippen LogP contribution >= 0.6 is 0 Å². The van der Waals surface area contributed by atoms with Gasteiger partial charge >= 0.3 is 5.97 Å². The first kappa shape index (κ1) is 54.1. The average molecular weight is 913 g/mol. The van der Waals surface area contributed by atoms with Crippen molar-refractivity contribution in [2.75, 3.05) is 27.9 Å². The number of rotatable bonds is 6. The van der Waals surface area contributed by atoms with E-state index in [1.807, 2.05) is 58.1 Å². The normalized spacial score (nSPS) is 39.9. The minimum Gasteiger partial charge on any atom is -0.460 e. The van der Waals surface area contributed by atoms with Gasteiger partial charge in [-0.25, -0.2) is 4.79 Å². The lowest BCUT2D eigenvalue weighted by atomic mass is 9.79. The smallest absolute Gasteiger partial charge is 0.329 e. The summed E-state index contributed by atoms with van der Waals surface area (Å²) in [7, 11) is 4.71. The summed E-state index contributed by atoms with van der Waals surface area (Å²) in [6.45, 7) is 13.1. The van der Waals surface area contributed by atoms with Gasteiger partial charge in [0.15, 0.2) is 5.78 Å². The number of Topliss-reactive ketones (excluding diaryl/α,β-unsaturated/α-hetero) is 2. The standard InChI is InChI=1S/C51H80N2O12/c1-31-17-12-11-13-18-32(2)43(62-9)29-40-23-22-37(7)51(59,65-40)48(56)49(57)53-24-15-14-21-42(53)50(58)64-44(34(4)27-38-19-16-20-39(28-38)61-8)30-41(52-60)33(3)26-36(6)46(55)47(63-10)45(54)35(5)25-31/h11-13,17-18,26,31,33-35,37-40,42-44,46-47,55,59-60H,14-16,19-25,27-30H2,1-10H3/b13-11+,17-12+,32-18+,36-26+,52-41+/t31-,33-,34-,35-,37-,38?,39+,40+,42+,43+,44+,46-,47+,51-/m1/s1. The number of ether oxygens (including phenoxy) is 5. The number of esters is 1. The summed E-state index contributed by atoms with van der Waals surface area (Å²) in [6, 6.07) is -1.09. The molecule has 3 aliphatic heterocycles. The Hall–Kier alpha value is -3.53. The van der Waals surface area contributed by atoms with Crippen LogP contribution in [0.2, 0.25) is 0 Å². The average Bonchev–Trinajstić information content (AvgIpc) is 3.29. The van der Waals surface area contributed by atoms with Crippen molar-refractivity contribution in [3.63, 3.8) is 0 Å². The highest BCUT2D eigenvalue weighted by Gasteiger charge is 2.53. The van der Waals surface area contributed by atoms with Crippen LogP contribution in [0.3, 0.4) is 0 Å². The number of allylic oxidation sites excluding steroid dienone is 6. The van der Waals surface area contributed by atoms with Crippen LogP contribution in [0.15, 0.2) is 52.8 Å². The number of cyclic esters (lactones) is 1. The van der Waals surface area contributed by atoms with E-state index in [9.17, 15) is 34.6 Å². The molecule has 3 N–H and O–H groups in total. The second kappa shape index (κ2) is 25.6. The van der Waals surface area contributed by atoms with Gasteiger partial charge in [0.2, 0.25) is 5.79 Å². The highest BCUT2D eigenvalue weighted by atomic mass is 16.6. The maximum absolute atomic E-state index is 14.4. The molecule has 4 aliphatic rings. The Morgan fingerprint density at radius 2 is 1.62 bits per heavy atom. The van der Waals surface area contributed by atoms with Gasteiger partial charge < -0.3 is 44.0 Å². The number of aliphatic hydroxyl groups is 2. The monoisotopic (exact) mass is 913 g/mol. The number of amides is 1. The van der Waals surface area contributed by atoms with E-state index < -0.39 is 77.8 Å². The molecule has 0 aromatic carbocycles. The van der Waals surface area contributed by atoms with Gasteiger partial charge in [-0.1, -0.05) is 89.1 Å². The van der Waals surface area contributed by atoms with E-state index >= 15 is 0 Å². The lowest BCUT2D eigenvalue weighted by molar-refractivity contribution is -0.265. The first-order valence-corrected chi connectivity index (χ1v) is 24.1. The molecule has 14 heteroatoms. The molecule has 3 fully saturated rings. The maximum atomic E-state index is 14.4. The molecule has 14 atom stereocenters. The predicted molar refractivity (Wildman–Crippen MR) is 248 cm³/mol. The van der Waals surface area contributed by atoms with Crippen molar-refractivity contribution in [3.05, 3.63) is 47.6 Å². The van der Waals surface area contributed by atoms with Crippen LogP contribution in [0.1, 0.15) is 132 Å². The minimum absolute atomic E-state index is 0.0324. The number of nitrogens with zero attached hydrogens (tertiary/aromatic N) is 2. The molecule has 1 unspecified atom stereocenters. The third kappa shape index (κ3) is 14.5. The molecule has 2 bridgehead atoms. The second-order valence-electron chi connectivity index (χ2n) is 19.6. The Morgan fingerprint density at radius 1 is 0.877 bits per heavy atom. The molecular weight excluding hydrogens is 833 g/mol. The van der Waals surface area contributed by atoms with Gasteiger partial charge in [0.25, 0.3) is 11.7 Å². The molecule has 1 aliphatic carbocycles. The number of aliphatic hydroxyl groups excluding tert-OH is 1. The highest BCUT2D eigenvalue weighted by Crippen LogP contribution is 2.38. The van der Waals surface area contributed by atoms with Crippen LogP contribution in [0.4, 0.5) is 0 Å². The van der Waals surface area contributed by atoms with Gasteiger partial charge in [0.1, 0.15) is 24.4 Å². The number of methoxy groups -OCH3 is 3. The number of hydrogen-bond donors (Lipinski definition) is 3. The van der Waals surface area contributed by atoms with Crippen molar-refractivity contribution >= 4 is 29.2 Å². The van der Waals surface area contributed by atoms with Crippen molar-refractivity contribution in [1.82, 2.24) is 4.90 Å². The third-order valence-electron chi connectivity index (χ3n) is 14.5. The topological polar surface area (TPSA) is 191 Å². The quantitative estimate of drug-likeness (QED) is 0.0785. The van der Waals surface area contributed by atoms with E-state index in [1.165, 1.54) is 12.0 Å². The van der Waals surface area contributed by atoms with Crippen LogP contribution in [-0.4, -0.2) is 126 Å². The van der Waals surface area contributed by atoms with Crippen LogP contribution in [0, 0.1) is 35.5 Å². The molecule has 0 aromatic rings. The van der Waals surface area contributed by atoms with Crippen molar-refractivity contribution in [2.45, 2.75) is 180 Å². The van der Waals surface area contributed by atoms with Crippen molar-refractivity contribution < 1.29 is 58.3 Å². The van der Waals surface area contributed by atoms with Gasteiger partial charge in [-0.15, -0.1) is 0 Å². The van der Waals surface area contributed by atoms with Gasteiger partial charge in [0, 0.05) is 58.5 Å². The molecule has 366 valence electrons. The number of ketones is 2. The summed E-state index contributed by atoms with van der Waals surface area (Å²) in [4.78, 5) is 57.9. The van der Waals surface area contributed by atoms with E-state index in [0.29, 0.717) is 62.1 Å². The Balaban J connectivity index is 1.72. The van der Waals surface area contributed by atoms with Gasteiger partial charge in [-0.05, 0) is 101 Å². The fraction of sp³-hybridized carbons (Fsp3) is 0.745. The van der Waals surface area contributed by atoms with E-state index in [2.05, 4.69) is 5.16 Å². The van der Waals surface area contributed by atoms with Crippen molar-refractivity contribution in [2.24, 2.45) is 40.7 Å². The molecule has 4 rings (SSSR count). The lowest BCUT2D eigenvalue weighted by Gasteiger charge is -2.42. The van der Waals surface area contributed by atoms with Crippen molar-refractivity contribution in [1.29, 1.82) is 0 Å². The van der Waals surface area contributed by atoms with E-state index in [-0.39, 0.29) is 43.1 Å². The van der Waals surface area contributed by atoms with Crippen LogP contribution in [0.5, 0.6) is 0 Å². The zero-order chi connectivity index (χ0) is 48.0. The molecule has 3 heterocycles. The van der Waals surface area contributed by atoms with Crippen LogP contribution in [0.25, 0.3) is 0 Å². The molecule has 0 spiro atoms. The number of fused-ring (bicyclic) bond motifs is 3. The molecule has 0 aromatic heterocycles. The molecule has 0 radical (unpaired) electrons. The lowest BCUT2D eigenvalue weighted by Crippen LogP contribution is -2.61. The Kier molecular flexibility index (Phi) is 21.3. The first-order chi connectivity index (χ1) is 30.9. The SMILES string of the molecule is CO[C@H]1CCCC(C[C@@H](C)[C@@H]2C/C(=N\O)[C@H](C)/C=C(\C)[C@@H](O)[C@@H](OC)C(=O)[C@H](C)C[C@H](C)/C=C/C=C/C=C(\C)[C@@H](OC)C[C@@H]3CC[C@@H](C)[C@@](O)(O3)C(=O)C(=O)N3CCCC[C@H]3C(=O)O2)C1. The number of oxime groups is 1. The Bertz CT molecular complexity index is 1760. The first-order valence-electron chi connectivity index (χ1n) is 24.1. The Labute approximate surface area is 387 Å². The fourth-order valence-corrected chi connectivity index (χ4v) is 10.3. The van der Waals surface area contributed by atoms with E-state index in [1.54, 1.807) is 41.1 Å². The summed E-state index contributed by atoms with van der Waals surface area (Å²) in [6.07, 6.45) is 15.1. The van der Waals surface area contributed by atoms with Gasteiger partial charge in [-0.3, -0.25) is 14.4 Å². The molecule has 14 nitrogen and oxygen atoms in total. The summed E-state index contributed by atoms with van der Waals surface area (Å²) in [5, 5.41) is 37.6. The zero-order valence-corrected chi connectivity index (χ0v) is 40.8. The van der Waals surface area contributed by atoms with Crippen LogP contribution in [-0.2, 0) is 42.9 Å². The van der Waals surface area contributed by atoms with Crippen molar-refractivity contribution in [3.8, 4) is 0 Å². The molecular formula is C51H80N2O12.